The molecule has 3 aliphatic rings. The summed E-state index contributed by atoms with van der Waals surface area (Å²) in [4.78, 5) is 51.0. The summed E-state index contributed by atoms with van der Waals surface area (Å²) in [6, 6.07) is -0.439. The highest BCUT2D eigenvalue weighted by Gasteiger charge is 2.56. The molecule has 1 saturated heterocycles. The van der Waals surface area contributed by atoms with E-state index in [-0.39, 0.29) is 29.2 Å². The molecule has 2 saturated carbocycles. The van der Waals surface area contributed by atoms with Crippen molar-refractivity contribution < 1.29 is 23.9 Å². The van der Waals surface area contributed by atoms with E-state index in [1.807, 2.05) is 0 Å². The average molecular weight is 408 g/mol. The maximum absolute atomic E-state index is 13.1. The van der Waals surface area contributed by atoms with E-state index in [2.05, 4.69) is 31.4 Å². The van der Waals surface area contributed by atoms with Crippen molar-refractivity contribution in [3.63, 3.8) is 0 Å². The zero-order valence-electron chi connectivity index (χ0n) is 17.9. The van der Waals surface area contributed by atoms with Gasteiger partial charge in [-0.1, -0.05) is 33.6 Å². The molecule has 1 aliphatic heterocycles. The van der Waals surface area contributed by atoms with Crippen LogP contribution in [-0.4, -0.2) is 52.9 Å². The second kappa shape index (κ2) is 7.95. The molecule has 2 N–H and O–H groups in total. The van der Waals surface area contributed by atoms with E-state index in [1.165, 1.54) is 6.92 Å². The Bertz CT molecular complexity index is 700. The maximum atomic E-state index is 13.1. The van der Waals surface area contributed by atoms with Crippen LogP contribution in [0.1, 0.15) is 72.6 Å². The first-order chi connectivity index (χ1) is 13.5. The Morgan fingerprint density at radius 3 is 2.52 bits per heavy atom. The second-order valence-electron chi connectivity index (χ2n) is 9.88. The summed E-state index contributed by atoms with van der Waals surface area (Å²) in [5, 5.41) is 5.71. The first-order valence-electron chi connectivity index (χ1n) is 10.7. The van der Waals surface area contributed by atoms with Gasteiger partial charge in [0, 0.05) is 6.04 Å². The van der Waals surface area contributed by atoms with Crippen LogP contribution in [0.2, 0.25) is 0 Å². The van der Waals surface area contributed by atoms with Gasteiger partial charge in [-0.3, -0.25) is 19.3 Å². The molecule has 1 heterocycles. The van der Waals surface area contributed by atoms with Gasteiger partial charge in [-0.15, -0.1) is 0 Å². The number of carbonyl (C=O) groups is 4. The fraction of sp³-hybridized carbons (Fsp3) is 0.810. The Hall–Kier alpha value is -2.12. The largest absolute Gasteiger partial charge is 0.451 e. The smallest absolute Gasteiger partial charge is 0.327 e. The first kappa shape index (κ1) is 21.6. The monoisotopic (exact) mass is 407 g/mol. The number of imide groups is 1. The Labute approximate surface area is 172 Å². The number of carbonyl (C=O) groups excluding carboxylic acids is 4. The lowest BCUT2D eigenvalue weighted by molar-refractivity contribution is -0.157. The van der Waals surface area contributed by atoms with Crippen molar-refractivity contribution >= 4 is 23.8 Å². The SMILES string of the molecule is C[C@@H]1CC(C)(C)C[C@@]2(C1)NC(=O)N(CC(=O)O[C@@H](C)C(=O)NC1CCCC1)C2=O. The van der Waals surface area contributed by atoms with Gasteiger partial charge in [0.2, 0.25) is 0 Å². The van der Waals surface area contributed by atoms with Gasteiger partial charge in [0.15, 0.2) is 6.10 Å². The van der Waals surface area contributed by atoms with E-state index in [0.29, 0.717) is 12.8 Å². The predicted octanol–water partition coefficient (Wildman–Crippen LogP) is 2.11. The van der Waals surface area contributed by atoms with Gasteiger partial charge in [0.25, 0.3) is 11.8 Å². The van der Waals surface area contributed by atoms with Crippen LogP contribution in [0, 0.1) is 11.3 Å². The van der Waals surface area contributed by atoms with Crippen LogP contribution in [-0.2, 0) is 19.1 Å². The summed E-state index contributed by atoms with van der Waals surface area (Å²) in [5.41, 5.74) is -1.03. The van der Waals surface area contributed by atoms with Crippen LogP contribution in [0.15, 0.2) is 0 Å². The van der Waals surface area contributed by atoms with Gasteiger partial charge in [-0.05, 0) is 50.4 Å². The first-order valence-corrected chi connectivity index (χ1v) is 10.7. The number of urea groups is 1. The van der Waals surface area contributed by atoms with Gasteiger partial charge in [-0.2, -0.15) is 0 Å². The minimum atomic E-state index is -0.966. The standard InChI is InChI=1S/C21H33N3O5/c1-13-9-20(3,4)12-21(10-13)18(27)24(19(28)23-21)11-16(25)29-14(2)17(26)22-15-7-5-6-8-15/h13-15H,5-12H2,1-4H3,(H,22,26)(H,23,28)/t13-,14+,21-/m1/s1. The van der Waals surface area contributed by atoms with Crippen molar-refractivity contribution in [3.8, 4) is 0 Å². The van der Waals surface area contributed by atoms with Gasteiger partial charge in [0.1, 0.15) is 12.1 Å². The lowest BCUT2D eigenvalue weighted by Gasteiger charge is -2.43. The zero-order valence-corrected chi connectivity index (χ0v) is 17.9. The molecule has 162 valence electrons. The molecule has 3 fully saturated rings. The topological polar surface area (TPSA) is 105 Å². The number of hydrogen-bond acceptors (Lipinski definition) is 5. The van der Waals surface area contributed by atoms with Crippen LogP contribution >= 0.6 is 0 Å². The second-order valence-corrected chi connectivity index (χ2v) is 9.88. The van der Waals surface area contributed by atoms with Gasteiger partial charge >= 0.3 is 12.0 Å². The summed E-state index contributed by atoms with van der Waals surface area (Å²) in [6.07, 6.45) is 5.16. The van der Waals surface area contributed by atoms with E-state index in [0.717, 1.165) is 37.0 Å². The molecule has 0 radical (unpaired) electrons. The molecule has 0 aromatic rings. The van der Waals surface area contributed by atoms with Crippen LogP contribution in [0.25, 0.3) is 0 Å². The molecular formula is C21H33N3O5. The fourth-order valence-corrected chi connectivity index (χ4v) is 5.46. The lowest BCUT2D eigenvalue weighted by atomic mass is 9.64. The Morgan fingerprint density at radius 2 is 1.90 bits per heavy atom. The van der Waals surface area contributed by atoms with Crippen molar-refractivity contribution in [3.05, 3.63) is 0 Å². The van der Waals surface area contributed by atoms with Crippen LogP contribution < -0.4 is 10.6 Å². The molecular weight excluding hydrogens is 374 g/mol. The van der Waals surface area contributed by atoms with Crippen molar-refractivity contribution in [2.75, 3.05) is 6.54 Å². The number of amides is 4. The van der Waals surface area contributed by atoms with E-state index in [4.69, 9.17) is 4.74 Å². The fourth-order valence-electron chi connectivity index (χ4n) is 5.46. The highest BCUT2D eigenvalue weighted by molar-refractivity contribution is 6.08. The van der Waals surface area contributed by atoms with Crippen LogP contribution in [0.3, 0.4) is 0 Å². The van der Waals surface area contributed by atoms with Crippen molar-refractivity contribution in [2.45, 2.75) is 90.3 Å². The average Bonchev–Trinajstić information content (AvgIpc) is 3.16. The van der Waals surface area contributed by atoms with Gasteiger partial charge in [-0.25, -0.2) is 4.79 Å². The Kier molecular flexibility index (Phi) is 5.92. The molecule has 8 heteroatoms. The lowest BCUT2D eigenvalue weighted by Crippen LogP contribution is -2.54. The minimum absolute atomic E-state index is 0.0794. The third-order valence-electron chi connectivity index (χ3n) is 6.29. The third kappa shape index (κ3) is 4.73. The van der Waals surface area contributed by atoms with Crippen LogP contribution in [0.4, 0.5) is 4.79 Å². The third-order valence-corrected chi connectivity index (χ3v) is 6.29. The highest BCUT2D eigenvalue weighted by atomic mass is 16.5. The predicted molar refractivity (Wildman–Crippen MR) is 106 cm³/mol. The highest BCUT2D eigenvalue weighted by Crippen LogP contribution is 2.46. The molecule has 1 spiro atoms. The number of esters is 1. The molecule has 0 unspecified atom stereocenters. The molecule has 4 amide bonds. The summed E-state index contributed by atoms with van der Waals surface area (Å²) >= 11 is 0. The summed E-state index contributed by atoms with van der Waals surface area (Å²) in [6.45, 7) is 7.27. The van der Waals surface area contributed by atoms with Gasteiger partial charge < -0.3 is 15.4 Å². The maximum Gasteiger partial charge on any atom is 0.327 e. The quantitative estimate of drug-likeness (QED) is 0.536. The normalized spacial score (nSPS) is 30.3. The van der Waals surface area contributed by atoms with E-state index < -0.39 is 30.2 Å². The number of nitrogens with zero attached hydrogens (tertiary/aromatic N) is 1. The van der Waals surface area contributed by atoms with E-state index in [1.54, 1.807) is 0 Å². The van der Waals surface area contributed by atoms with Gasteiger partial charge in [0.05, 0.1) is 0 Å². The molecule has 3 rings (SSSR count). The minimum Gasteiger partial charge on any atom is -0.451 e. The molecule has 8 nitrogen and oxygen atoms in total. The number of ether oxygens (including phenoxy) is 1. The molecule has 0 aromatic carbocycles. The van der Waals surface area contributed by atoms with E-state index in [9.17, 15) is 19.2 Å². The summed E-state index contributed by atoms with van der Waals surface area (Å²) in [5.74, 6) is -1.19. The van der Waals surface area contributed by atoms with Crippen molar-refractivity contribution in [1.29, 1.82) is 0 Å². The van der Waals surface area contributed by atoms with E-state index >= 15 is 0 Å². The Balaban J connectivity index is 1.58. The molecule has 29 heavy (non-hydrogen) atoms. The molecule has 0 bridgehead atoms. The van der Waals surface area contributed by atoms with Crippen molar-refractivity contribution in [2.24, 2.45) is 11.3 Å². The van der Waals surface area contributed by atoms with Crippen LogP contribution in [0.5, 0.6) is 0 Å². The molecule has 3 atom stereocenters. The molecule has 0 aromatic heterocycles. The summed E-state index contributed by atoms with van der Waals surface area (Å²) < 4.78 is 5.19. The summed E-state index contributed by atoms with van der Waals surface area (Å²) in [7, 11) is 0. The van der Waals surface area contributed by atoms with Crippen molar-refractivity contribution in [1.82, 2.24) is 15.5 Å². The number of hydrogen-bond donors (Lipinski definition) is 2. The zero-order chi connectivity index (χ0) is 21.4. The Morgan fingerprint density at radius 1 is 1.24 bits per heavy atom. The number of nitrogens with one attached hydrogen (secondary N) is 2. The number of rotatable bonds is 5. The molecule has 2 aliphatic carbocycles.